The Morgan fingerprint density at radius 1 is 1.19 bits per heavy atom. The molecule has 3 unspecified atom stereocenters. The number of hydrogen-bond acceptors (Lipinski definition) is 3. The van der Waals surface area contributed by atoms with Gasteiger partial charge in [0.25, 0.3) is 0 Å². The maximum Gasteiger partial charge on any atom is 0.168 e. The van der Waals surface area contributed by atoms with Gasteiger partial charge in [-0.2, -0.15) is 0 Å². The number of hydrogen-bond donors (Lipinski definition) is 0. The quantitative estimate of drug-likeness (QED) is 0.732. The molecule has 16 heavy (non-hydrogen) atoms. The zero-order valence-corrected chi connectivity index (χ0v) is 9.81. The van der Waals surface area contributed by atoms with Gasteiger partial charge in [-0.15, -0.1) is 0 Å². The highest BCUT2D eigenvalue weighted by molar-refractivity contribution is 5.24. The summed E-state index contributed by atoms with van der Waals surface area (Å²) in [5.74, 6) is 1.36. The number of furan rings is 1. The van der Waals surface area contributed by atoms with Crippen molar-refractivity contribution in [2.45, 2.75) is 57.5 Å². The third-order valence-corrected chi connectivity index (χ3v) is 3.77. The molecule has 0 saturated carbocycles. The average Bonchev–Trinajstić information content (AvgIpc) is 2.85. The molecule has 0 spiro atoms. The summed E-state index contributed by atoms with van der Waals surface area (Å²) in [6, 6.07) is 2.07. The van der Waals surface area contributed by atoms with E-state index in [1.54, 1.807) is 6.26 Å². The first-order chi connectivity index (χ1) is 7.75. The van der Waals surface area contributed by atoms with Gasteiger partial charge in [0.05, 0.1) is 24.4 Å². The Kier molecular flexibility index (Phi) is 2.52. The molecule has 0 N–H and O–H groups in total. The van der Waals surface area contributed by atoms with E-state index in [9.17, 15) is 0 Å². The largest absolute Gasteiger partial charge is 0.469 e. The summed E-state index contributed by atoms with van der Waals surface area (Å²) in [4.78, 5) is 0. The lowest BCUT2D eigenvalue weighted by atomic mass is 9.88. The Morgan fingerprint density at radius 2 is 1.94 bits per heavy atom. The predicted octanol–water partition coefficient (Wildman–Crippen LogP) is 2.85. The van der Waals surface area contributed by atoms with Gasteiger partial charge in [0.2, 0.25) is 0 Å². The van der Waals surface area contributed by atoms with E-state index in [4.69, 9.17) is 13.9 Å². The average molecular weight is 222 g/mol. The van der Waals surface area contributed by atoms with Gasteiger partial charge in [-0.3, -0.25) is 0 Å². The molecule has 0 aromatic carbocycles. The van der Waals surface area contributed by atoms with Crippen molar-refractivity contribution in [1.29, 1.82) is 0 Å². The first-order valence-electron chi connectivity index (χ1n) is 6.13. The lowest BCUT2D eigenvalue weighted by Crippen LogP contribution is -2.23. The molecule has 2 heterocycles. The molecule has 1 fully saturated rings. The molecule has 88 valence electrons. The number of ether oxygens (including phenoxy) is 2. The molecule has 3 rings (SSSR count). The van der Waals surface area contributed by atoms with Gasteiger partial charge >= 0.3 is 0 Å². The molecule has 3 nitrogen and oxygen atoms in total. The Balaban J connectivity index is 1.82. The maximum atomic E-state index is 5.86. The molecule has 1 aromatic rings. The van der Waals surface area contributed by atoms with E-state index in [0.29, 0.717) is 0 Å². The van der Waals surface area contributed by atoms with Gasteiger partial charge in [-0.05, 0) is 44.7 Å². The van der Waals surface area contributed by atoms with Crippen LogP contribution >= 0.6 is 0 Å². The monoisotopic (exact) mass is 222 g/mol. The molecular weight excluding hydrogens is 204 g/mol. The summed E-state index contributed by atoms with van der Waals surface area (Å²) in [5.41, 5.74) is 1.33. The summed E-state index contributed by atoms with van der Waals surface area (Å²) in [6.07, 6.45) is 5.46. The Labute approximate surface area is 95.7 Å². The normalized spacial score (nSPS) is 38.6. The molecule has 0 bridgehead atoms. The standard InChI is InChI=1S/C13H18O3/c1-8-9(2)16-13(15-8)11-5-3-4-10-6-7-14-12(10)11/h6-9,11,13H,3-5H2,1-2H3. The van der Waals surface area contributed by atoms with Gasteiger partial charge in [-0.25, -0.2) is 0 Å². The van der Waals surface area contributed by atoms with E-state index in [1.165, 1.54) is 12.0 Å². The molecule has 0 amide bonds. The highest BCUT2D eigenvalue weighted by Crippen LogP contribution is 2.39. The van der Waals surface area contributed by atoms with E-state index >= 15 is 0 Å². The van der Waals surface area contributed by atoms with Crippen molar-refractivity contribution in [2.24, 2.45) is 0 Å². The van der Waals surface area contributed by atoms with Gasteiger partial charge < -0.3 is 13.9 Å². The zero-order chi connectivity index (χ0) is 11.1. The van der Waals surface area contributed by atoms with Crippen LogP contribution in [0.4, 0.5) is 0 Å². The van der Waals surface area contributed by atoms with E-state index < -0.39 is 0 Å². The molecule has 0 radical (unpaired) electrons. The minimum absolute atomic E-state index is 0.116. The topological polar surface area (TPSA) is 31.6 Å². The Hall–Kier alpha value is -0.800. The van der Waals surface area contributed by atoms with Crippen LogP contribution in [0.1, 0.15) is 43.9 Å². The smallest absolute Gasteiger partial charge is 0.168 e. The van der Waals surface area contributed by atoms with Gasteiger partial charge in [0, 0.05) is 0 Å². The Morgan fingerprint density at radius 3 is 2.69 bits per heavy atom. The fourth-order valence-electron chi connectivity index (χ4n) is 2.65. The van der Waals surface area contributed by atoms with Crippen molar-refractivity contribution in [3.63, 3.8) is 0 Å². The van der Waals surface area contributed by atoms with Crippen LogP contribution in [0.5, 0.6) is 0 Å². The van der Waals surface area contributed by atoms with Crippen LogP contribution in [-0.4, -0.2) is 18.5 Å². The van der Waals surface area contributed by atoms with Gasteiger partial charge in [0.15, 0.2) is 6.29 Å². The number of aryl methyl sites for hydroxylation is 1. The van der Waals surface area contributed by atoms with Crippen LogP contribution < -0.4 is 0 Å². The minimum Gasteiger partial charge on any atom is -0.469 e. The molecule has 1 aliphatic carbocycles. The summed E-state index contributed by atoms with van der Waals surface area (Å²) in [5, 5.41) is 0. The van der Waals surface area contributed by atoms with Crippen molar-refractivity contribution in [2.75, 3.05) is 0 Å². The molecule has 3 heteroatoms. The fraction of sp³-hybridized carbons (Fsp3) is 0.692. The van der Waals surface area contributed by atoms with Gasteiger partial charge in [-0.1, -0.05) is 0 Å². The molecule has 1 aliphatic heterocycles. The highest BCUT2D eigenvalue weighted by Gasteiger charge is 2.39. The van der Waals surface area contributed by atoms with E-state index in [1.807, 2.05) is 0 Å². The van der Waals surface area contributed by atoms with Crippen LogP contribution in [0.2, 0.25) is 0 Å². The van der Waals surface area contributed by atoms with Crippen molar-refractivity contribution in [3.8, 4) is 0 Å². The first-order valence-corrected chi connectivity index (χ1v) is 6.13. The fourth-order valence-corrected chi connectivity index (χ4v) is 2.65. The lowest BCUT2D eigenvalue weighted by molar-refractivity contribution is -0.0871. The summed E-state index contributed by atoms with van der Waals surface area (Å²) >= 11 is 0. The summed E-state index contributed by atoms with van der Waals surface area (Å²) in [6.45, 7) is 4.13. The number of fused-ring (bicyclic) bond motifs is 1. The highest BCUT2D eigenvalue weighted by atomic mass is 16.7. The Bertz CT molecular complexity index is 361. The first kappa shape index (κ1) is 10.4. The molecule has 1 saturated heterocycles. The zero-order valence-electron chi connectivity index (χ0n) is 9.81. The third-order valence-electron chi connectivity index (χ3n) is 3.77. The van der Waals surface area contributed by atoms with Crippen LogP contribution in [-0.2, 0) is 15.9 Å². The summed E-state index contributed by atoms with van der Waals surface area (Å²) in [7, 11) is 0. The van der Waals surface area contributed by atoms with E-state index in [0.717, 1.165) is 18.6 Å². The number of rotatable bonds is 1. The second kappa shape index (κ2) is 3.90. The van der Waals surface area contributed by atoms with Crippen molar-refractivity contribution in [1.82, 2.24) is 0 Å². The maximum absolute atomic E-state index is 5.86. The second-order valence-corrected chi connectivity index (χ2v) is 4.86. The van der Waals surface area contributed by atoms with Crippen LogP contribution in [0.3, 0.4) is 0 Å². The molecule has 2 aliphatic rings. The van der Waals surface area contributed by atoms with Crippen LogP contribution in [0.15, 0.2) is 16.7 Å². The van der Waals surface area contributed by atoms with Crippen molar-refractivity contribution in [3.05, 3.63) is 23.7 Å². The third kappa shape index (κ3) is 1.59. The van der Waals surface area contributed by atoms with Crippen molar-refractivity contribution < 1.29 is 13.9 Å². The van der Waals surface area contributed by atoms with Crippen LogP contribution in [0.25, 0.3) is 0 Å². The molecular formula is C13H18O3. The minimum atomic E-state index is -0.116. The molecule has 3 atom stereocenters. The second-order valence-electron chi connectivity index (χ2n) is 4.86. The van der Waals surface area contributed by atoms with E-state index in [-0.39, 0.29) is 24.4 Å². The lowest BCUT2D eigenvalue weighted by Gasteiger charge is -2.25. The van der Waals surface area contributed by atoms with Crippen molar-refractivity contribution >= 4 is 0 Å². The SMILES string of the molecule is CC1OC(C2CCCc3ccoc32)OC1C. The predicted molar refractivity (Wildman–Crippen MR) is 59.3 cm³/mol. The van der Waals surface area contributed by atoms with E-state index in [2.05, 4.69) is 19.9 Å². The van der Waals surface area contributed by atoms with Crippen LogP contribution in [0, 0.1) is 0 Å². The van der Waals surface area contributed by atoms with Gasteiger partial charge in [0.1, 0.15) is 5.76 Å². The molecule has 1 aromatic heterocycles. The summed E-state index contributed by atoms with van der Waals surface area (Å²) < 4.78 is 17.3.